The van der Waals surface area contributed by atoms with E-state index >= 15 is 0 Å². The number of hydrogen-bond acceptors (Lipinski definition) is 6. The second kappa shape index (κ2) is 12.4. The van der Waals surface area contributed by atoms with Gasteiger partial charge in [-0.15, -0.1) is 0 Å². The normalized spacial score (nSPS) is 11.2. The second-order valence-electron chi connectivity index (χ2n) is 9.43. The Hall–Kier alpha value is -1.13. The minimum atomic E-state index is -2.29. The van der Waals surface area contributed by atoms with Crippen LogP contribution in [0.15, 0.2) is 24.3 Å². The number of hydrogen-bond donors (Lipinski definition) is 1. The fourth-order valence-electron chi connectivity index (χ4n) is 3.39. The number of carbonyl (C=O) groups excluding carboxylic acids is 1. The quantitative estimate of drug-likeness (QED) is 0.344. The predicted molar refractivity (Wildman–Crippen MR) is 136 cm³/mol. The zero-order valence-electron chi connectivity index (χ0n) is 21.1. The Morgan fingerprint density at radius 3 is 1.41 bits per heavy atom. The van der Waals surface area contributed by atoms with Gasteiger partial charge in [0.15, 0.2) is 0 Å². The van der Waals surface area contributed by atoms with Gasteiger partial charge in [-0.25, -0.2) is 0 Å². The molecule has 0 saturated carbocycles. The van der Waals surface area contributed by atoms with E-state index in [1.54, 1.807) is 34.5 Å². The van der Waals surface area contributed by atoms with Crippen molar-refractivity contribution in [2.75, 3.05) is 28.4 Å². The standard InChI is InChI=1S/C9H11O3.C9H9O3.6CH3.2Sn/c2*1-11-8-4-3-7(6-10)5-9(8)12-2;;;;;;;;/h4-5,10H,6H2,1-2H3;4-6H,1-2H3;6*1H3;;. The van der Waals surface area contributed by atoms with E-state index in [1.165, 1.54) is 7.16 Å². The number of ether oxygens (including phenoxy) is 4. The van der Waals surface area contributed by atoms with Crippen molar-refractivity contribution in [3.05, 3.63) is 35.4 Å². The zero-order valence-corrected chi connectivity index (χ0v) is 26.8. The minimum absolute atomic E-state index is 0.0594. The predicted octanol–water partition coefficient (Wildman–Crippen LogP) is 3.80. The first-order valence-corrected chi connectivity index (χ1v) is 30.4. The Balaban J connectivity index is 0.000000320. The van der Waals surface area contributed by atoms with E-state index in [-0.39, 0.29) is 6.61 Å². The molecule has 0 heterocycles. The molecule has 0 saturated heterocycles. The van der Waals surface area contributed by atoms with Crippen molar-refractivity contribution < 1.29 is 28.8 Å². The van der Waals surface area contributed by atoms with Crippen molar-refractivity contribution in [2.24, 2.45) is 0 Å². The van der Waals surface area contributed by atoms with Crippen LogP contribution in [0, 0.1) is 0 Å². The van der Waals surface area contributed by atoms with Gasteiger partial charge in [-0.2, -0.15) is 0 Å². The molecule has 0 aliphatic rings. The summed E-state index contributed by atoms with van der Waals surface area (Å²) < 4.78 is 23.4. The summed E-state index contributed by atoms with van der Waals surface area (Å²) in [4.78, 5) is 24.8. The van der Waals surface area contributed by atoms with Crippen LogP contribution in [-0.4, -0.2) is 76.6 Å². The summed E-state index contributed by atoms with van der Waals surface area (Å²) in [6.07, 6.45) is 0.902. The number of methoxy groups -OCH3 is 4. The third-order valence-electron chi connectivity index (χ3n) is 5.08. The first-order chi connectivity index (χ1) is 14.9. The van der Waals surface area contributed by atoms with Crippen molar-refractivity contribution >= 4 is 50.2 Å². The molecule has 0 radical (unpaired) electrons. The van der Waals surface area contributed by atoms with Gasteiger partial charge in [0.25, 0.3) is 0 Å². The van der Waals surface area contributed by atoms with Gasteiger partial charge >= 0.3 is 202 Å². The molecule has 8 heteroatoms. The van der Waals surface area contributed by atoms with E-state index in [9.17, 15) is 9.90 Å². The number of benzene rings is 2. The Bertz CT molecular complexity index is 914. The Kier molecular flexibility index (Phi) is 11.2. The molecule has 0 atom stereocenters. The van der Waals surface area contributed by atoms with Crippen LogP contribution in [0.5, 0.6) is 23.0 Å². The third-order valence-corrected chi connectivity index (χ3v) is 16.9. The van der Waals surface area contributed by atoms with E-state index < -0.39 is 36.8 Å². The van der Waals surface area contributed by atoms with Gasteiger partial charge in [0.1, 0.15) is 0 Å². The summed E-state index contributed by atoms with van der Waals surface area (Å²) in [5, 5.41) is 9.40. The van der Waals surface area contributed by atoms with E-state index in [0.29, 0.717) is 17.2 Å². The molecule has 0 spiro atoms. The monoisotopic (exact) mass is 662 g/mol. The first-order valence-electron chi connectivity index (χ1n) is 10.5. The van der Waals surface area contributed by atoms with Crippen LogP contribution in [0.2, 0.25) is 29.6 Å². The summed E-state index contributed by atoms with van der Waals surface area (Å²) in [7, 11) is 6.43. The Morgan fingerprint density at radius 1 is 0.688 bits per heavy atom. The van der Waals surface area contributed by atoms with Gasteiger partial charge in [0.05, 0.1) is 0 Å². The summed E-state index contributed by atoms with van der Waals surface area (Å²) >= 11 is -4.51. The molecule has 2 aromatic carbocycles. The number of aliphatic hydroxyl groups is 1. The van der Waals surface area contributed by atoms with Crippen LogP contribution in [-0.2, 0) is 6.61 Å². The Labute approximate surface area is 201 Å². The fourth-order valence-corrected chi connectivity index (χ4v) is 12.6. The molecule has 2 aromatic rings. The number of aliphatic hydroxyl groups excluding tert-OH is 1. The van der Waals surface area contributed by atoms with Crippen LogP contribution in [0.25, 0.3) is 0 Å². The number of rotatable bonds is 8. The average Bonchev–Trinajstić information content (AvgIpc) is 2.75. The van der Waals surface area contributed by atoms with E-state index in [0.717, 1.165) is 23.2 Å². The van der Waals surface area contributed by atoms with Crippen molar-refractivity contribution in [2.45, 2.75) is 36.2 Å². The molecule has 0 aliphatic heterocycles. The topological polar surface area (TPSA) is 74.2 Å². The van der Waals surface area contributed by atoms with E-state index in [4.69, 9.17) is 18.9 Å². The molecular weight excluding hydrogens is 622 g/mol. The third kappa shape index (κ3) is 7.45. The molecule has 0 unspecified atom stereocenters. The maximum atomic E-state index is 11.1. The molecule has 0 fully saturated rings. The van der Waals surface area contributed by atoms with Gasteiger partial charge < -0.3 is 0 Å². The molecule has 1 N–H and O–H groups in total. The van der Waals surface area contributed by atoms with Gasteiger partial charge in [-0.1, -0.05) is 0 Å². The van der Waals surface area contributed by atoms with E-state index in [2.05, 4.69) is 29.6 Å². The SMILES string of the molecule is COc1cc(C=O)[c]([Sn]([CH3])([CH3])[CH3])cc1OC.COc1cc(CO)[c]([Sn]([CH3])([CH3])[CH3])cc1OC. The summed E-state index contributed by atoms with van der Waals surface area (Å²) in [5.41, 5.74) is 1.71. The van der Waals surface area contributed by atoms with Gasteiger partial charge in [0, 0.05) is 0 Å². The van der Waals surface area contributed by atoms with Gasteiger partial charge in [-0.3, -0.25) is 0 Å². The molecule has 0 aliphatic carbocycles. The second-order valence-corrected chi connectivity index (χ2v) is 38.2. The summed E-state index contributed by atoms with van der Waals surface area (Å²) in [6.45, 7) is 0.0594. The van der Waals surface area contributed by atoms with Crippen LogP contribution >= 0.6 is 0 Å². The maximum absolute atomic E-state index is 11.1. The van der Waals surface area contributed by atoms with Crippen molar-refractivity contribution in [1.29, 1.82) is 0 Å². The van der Waals surface area contributed by atoms with Crippen molar-refractivity contribution in [1.82, 2.24) is 0 Å². The molecule has 0 bridgehead atoms. The summed E-state index contributed by atoms with van der Waals surface area (Å²) in [5.74, 6) is 2.76. The zero-order chi connectivity index (χ0) is 24.7. The van der Waals surface area contributed by atoms with Gasteiger partial charge in [-0.05, 0) is 0 Å². The molecular formula is C24H38O6Sn2. The Morgan fingerprint density at radius 2 is 1.06 bits per heavy atom. The van der Waals surface area contributed by atoms with Crippen LogP contribution < -0.4 is 26.1 Å². The molecule has 2 rings (SSSR count). The molecule has 178 valence electrons. The van der Waals surface area contributed by atoms with E-state index in [1.807, 2.05) is 18.2 Å². The molecule has 32 heavy (non-hydrogen) atoms. The van der Waals surface area contributed by atoms with Crippen LogP contribution in [0.1, 0.15) is 15.9 Å². The molecule has 0 aromatic heterocycles. The number of aldehydes is 1. The van der Waals surface area contributed by atoms with Crippen molar-refractivity contribution in [3.63, 3.8) is 0 Å². The fraction of sp³-hybridized carbons (Fsp3) is 0.458. The van der Waals surface area contributed by atoms with Crippen molar-refractivity contribution in [3.8, 4) is 23.0 Å². The average molecular weight is 660 g/mol. The summed E-state index contributed by atoms with van der Waals surface area (Å²) in [6, 6.07) is 7.64. The molecule has 0 amide bonds. The van der Waals surface area contributed by atoms with Crippen LogP contribution in [0.3, 0.4) is 0 Å². The number of carbonyl (C=O) groups is 1. The van der Waals surface area contributed by atoms with Crippen LogP contribution in [0.4, 0.5) is 0 Å². The van der Waals surface area contributed by atoms with Gasteiger partial charge in [0.2, 0.25) is 0 Å². The first kappa shape index (κ1) is 28.9. The molecule has 6 nitrogen and oxygen atoms in total.